The van der Waals surface area contributed by atoms with Gasteiger partial charge in [0, 0.05) is 144 Å². The number of thiophene rings is 1. The molecule has 8 aliphatic rings. The van der Waals surface area contributed by atoms with E-state index in [9.17, 15) is 52.8 Å². The molecule has 20 rings (SSSR count). The van der Waals surface area contributed by atoms with Gasteiger partial charge in [0.05, 0.1) is 44.7 Å². The number of alkyl halides is 3. The molecule has 13 heterocycles. The van der Waals surface area contributed by atoms with E-state index in [0.29, 0.717) is 107 Å². The lowest BCUT2D eigenvalue weighted by Gasteiger charge is -2.30. The normalized spacial score (nSPS) is 21.5. The SMILES string of the molecule is Cc1cc2c(cc1C)C(=O)[C@]1(O)CCN(c3ccc4ncncc4c3)C1=N2.Cc1cc2c(s1)N=C1N(c3ccc4ncccc4c3)CC[C@@]1(O)C2=O.Cc1nc2ccc(N3CC[C@@]4(O)C(=O)c5cc(C)c(C)cc5N=C34)cc2o1.O=C1c2cc(C(F)(F)F)ccc2N=C2N(c3ccc4ncccc4c3)CC[C@@]12O. The van der Waals surface area contributed by atoms with E-state index >= 15 is 0 Å². The Morgan fingerprint density at radius 2 is 0.852 bits per heavy atom. The number of aliphatic hydroxyl groups is 4. The number of ketones is 4. The van der Waals surface area contributed by atoms with Gasteiger partial charge < -0.3 is 44.4 Å². The van der Waals surface area contributed by atoms with Crippen molar-refractivity contribution >= 4 is 146 Å². The largest absolute Gasteiger partial charge is 0.441 e. The molecular formula is C82H66F3N13O9S. The minimum absolute atomic E-state index is 0.0471. The first-order valence-electron chi connectivity index (χ1n) is 35.0. The molecule has 4 fully saturated rings. The third kappa shape index (κ3) is 11.3. The number of hydrogen-bond acceptors (Lipinski definition) is 23. The molecule has 0 amide bonds. The van der Waals surface area contributed by atoms with Gasteiger partial charge in [-0.1, -0.05) is 12.1 Å². The van der Waals surface area contributed by atoms with Gasteiger partial charge in [0.2, 0.25) is 23.1 Å². The van der Waals surface area contributed by atoms with E-state index in [1.807, 2.05) is 177 Å². The Bertz CT molecular complexity index is 6050. The number of oxazole rings is 1. The van der Waals surface area contributed by atoms with E-state index < -0.39 is 39.9 Å². The molecule has 0 bridgehead atoms. The molecule has 4 N–H and O–H groups in total. The lowest BCUT2D eigenvalue weighted by atomic mass is 9.86. The Morgan fingerprint density at radius 1 is 0.435 bits per heavy atom. The molecule has 540 valence electrons. The van der Waals surface area contributed by atoms with E-state index in [-0.39, 0.29) is 40.9 Å². The lowest BCUT2D eigenvalue weighted by Crippen LogP contribution is -2.48. The number of carbonyl (C=O) groups is 4. The van der Waals surface area contributed by atoms with Crippen LogP contribution in [0.5, 0.6) is 0 Å². The zero-order valence-electron chi connectivity index (χ0n) is 59.0. The highest BCUT2D eigenvalue weighted by atomic mass is 32.1. The van der Waals surface area contributed by atoms with Gasteiger partial charge in [-0.2, -0.15) is 13.2 Å². The van der Waals surface area contributed by atoms with Crippen LogP contribution in [0.2, 0.25) is 0 Å². The van der Waals surface area contributed by atoms with Crippen LogP contribution < -0.4 is 19.6 Å². The number of carbonyl (C=O) groups excluding carboxylic acids is 4. The van der Waals surface area contributed by atoms with Crippen molar-refractivity contribution in [2.45, 2.75) is 95.8 Å². The van der Waals surface area contributed by atoms with Crippen molar-refractivity contribution in [3.8, 4) is 0 Å². The highest BCUT2D eigenvalue weighted by molar-refractivity contribution is 7.16. The highest BCUT2D eigenvalue weighted by Gasteiger charge is 2.57. The quantitative estimate of drug-likeness (QED) is 0.127. The standard InChI is InChI=1S/C21H14F3N3O2.C21H18N4O2.C21H19N3O3.C19H15N3O2S/c22-21(23,24)13-3-5-17-15(11-13)18(28)20(29)7-9-27(19(20)26-17)14-4-6-16-12(10-14)2-1-8-25-16;1-12-7-16-18(8-13(12)2)24-20-21(27,19(16)26)5-6-25(20)15-3-4-17-14(9-15)10-22-11-23-17;1-11-8-15-17(9-12(11)2)23-20-21(26,19(15)25)6-7-24(20)14-4-5-16-18(10-14)27-13(3)22-16;1-11-9-14-16(23)19(24)6-8-22(18(19)21-17(14)25-11)13-4-5-15-12(10-13)3-2-7-20-15/h1-6,8,10-11,29H,7,9H2;3-4,7-11,27H,5-6H2,1-2H3;4-5,8-10,26H,6-7H2,1-3H3;2-5,7,9-10,24H,6,8H2,1H3/t20-;2*21-;19-/m1111/s1. The Kier molecular flexibility index (Phi) is 16.2. The first-order chi connectivity index (χ1) is 51.7. The fourth-order valence-corrected chi connectivity index (χ4v) is 16.2. The molecule has 8 aliphatic heterocycles. The van der Waals surface area contributed by atoms with Gasteiger partial charge in [0.1, 0.15) is 34.4 Å². The zero-order valence-corrected chi connectivity index (χ0v) is 59.8. The number of Topliss-reactive ketones (excluding diaryl/α,β-unsaturated/α-hetero) is 4. The van der Waals surface area contributed by atoms with Gasteiger partial charge in [0.15, 0.2) is 39.7 Å². The van der Waals surface area contributed by atoms with E-state index in [1.54, 1.807) is 30.4 Å². The van der Waals surface area contributed by atoms with Crippen molar-refractivity contribution in [3.05, 3.63) is 231 Å². The topological polar surface area (TPSA) is 289 Å². The van der Waals surface area contributed by atoms with Crippen LogP contribution in [-0.4, -0.2) is 140 Å². The number of halogens is 3. The molecule has 0 aliphatic carbocycles. The van der Waals surface area contributed by atoms with Gasteiger partial charge in [-0.05, 0) is 184 Å². The number of rotatable bonds is 4. The summed E-state index contributed by atoms with van der Waals surface area (Å²) in [6.07, 6.45) is 3.17. The number of benzene rings is 7. The maximum atomic E-state index is 13.1. The summed E-state index contributed by atoms with van der Waals surface area (Å²) in [5, 5.41) is 48.0. The van der Waals surface area contributed by atoms with Gasteiger partial charge >= 0.3 is 6.18 Å². The van der Waals surface area contributed by atoms with Gasteiger partial charge in [0.25, 0.3) is 0 Å². The van der Waals surface area contributed by atoms with Crippen molar-refractivity contribution in [2.75, 3.05) is 45.8 Å². The summed E-state index contributed by atoms with van der Waals surface area (Å²) < 4.78 is 44.7. The minimum Gasteiger partial charge on any atom is -0.441 e. The second-order valence-corrected chi connectivity index (χ2v) is 29.5. The molecule has 108 heavy (non-hydrogen) atoms. The third-order valence-electron chi connectivity index (χ3n) is 21.4. The van der Waals surface area contributed by atoms with E-state index in [1.165, 1.54) is 23.7 Å². The Labute approximate surface area is 618 Å². The number of fused-ring (bicyclic) bond motifs is 12. The molecule has 22 nitrogen and oxygen atoms in total. The monoisotopic (exact) mass is 1470 g/mol. The molecule has 5 aromatic heterocycles. The maximum absolute atomic E-state index is 13.1. The van der Waals surface area contributed by atoms with Crippen molar-refractivity contribution in [1.82, 2.24) is 24.9 Å². The Hall–Kier alpha value is -11.9. The summed E-state index contributed by atoms with van der Waals surface area (Å²) >= 11 is 1.49. The number of pyridine rings is 2. The van der Waals surface area contributed by atoms with Gasteiger partial charge in [-0.25, -0.2) is 34.9 Å². The van der Waals surface area contributed by atoms with Crippen LogP contribution in [-0.2, 0) is 6.18 Å². The number of aliphatic imine (C=N–C) groups is 4. The first-order valence-corrected chi connectivity index (χ1v) is 35.9. The predicted molar refractivity (Wildman–Crippen MR) is 407 cm³/mol. The van der Waals surface area contributed by atoms with Crippen LogP contribution in [0.1, 0.15) is 106 Å². The third-order valence-corrected chi connectivity index (χ3v) is 22.4. The maximum Gasteiger partial charge on any atom is 0.416 e. The average Bonchev–Trinajstić information content (AvgIpc) is 1.45. The predicted octanol–water partition coefficient (Wildman–Crippen LogP) is 14.3. The van der Waals surface area contributed by atoms with Crippen LogP contribution in [0.4, 0.5) is 58.0 Å². The number of aryl methyl sites for hydroxylation is 6. The van der Waals surface area contributed by atoms with Crippen LogP contribution in [0.25, 0.3) is 43.8 Å². The molecule has 4 saturated heterocycles. The molecule has 4 atom stereocenters. The van der Waals surface area contributed by atoms with Crippen LogP contribution in [0.15, 0.2) is 195 Å². The molecule has 7 aromatic carbocycles. The number of hydrogen-bond donors (Lipinski definition) is 4. The second kappa shape index (κ2) is 25.4. The number of amidine groups is 4. The minimum atomic E-state index is -4.58. The Morgan fingerprint density at radius 3 is 1.34 bits per heavy atom. The summed E-state index contributed by atoms with van der Waals surface area (Å²) in [4.78, 5) is 100. The van der Waals surface area contributed by atoms with Crippen molar-refractivity contribution in [1.29, 1.82) is 0 Å². The lowest BCUT2D eigenvalue weighted by molar-refractivity contribution is -0.137. The summed E-state index contributed by atoms with van der Waals surface area (Å²) in [6.45, 7) is 13.6. The summed E-state index contributed by atoms with van der Waals surface area (Å²) in [5.74, 6) is 0.439. The number of nitrogens with zero attached hydrogens (tertiary/aromatic N) is 13. The van der Waals surface area contributed by atoms with Gasteiger partial charge in [-0.15, -0.1) is 11.3 Å². The van der Waals surface area contributed by atoms with Crippen LogP contribution in [0.3, 0.4) is 0 Å². The zero-order chi connectivity index (χ0) is 75.3. The number of aromatic nitrogens is 5. The molecule has 0 saturated carbocycles. The van der Waals surface area contributed by atoms with E-state index in [0.717, 1.165) is 100 Å². The summed E-state index contributed by atoms with van der Waals surface area (Å²) in [6, 6.07) is 42.7. The smallest absolute Gasteiger partial charge is 0.416 e. The molecule has 0 spiro atoms. The molecule has 0 unspecified atom stereocenters. The average molecular weight is 1470 g/mol. The summed E-state index contributed by atoms with van der Waals surface area (Å²) in [5.41, 5.74) is 6.66. The van der Waals surface area contributed by atoms with Gasteiger partial charge in [-0.3, -0.25) is 29.1 Å². The van der Waals surface area contributed by atoms with E-state index in [4.69, 9.17) is 14.4 Å². The second-order valence-electron chi connectivity index (χ2n) is 28.2. The molecule has 26 heteroatoms. The van der Waals surface area contributed by atoms with Crippen LogP contribution >= 0.6 is 11.3 Å². The van der Waals surface area contributed by atoms with Crippen LogP contribution in [0, 0.1) is 41.5 Å². The van der Waals surface area contributed by atoms with Crippen molar-refractivity contribution in [2.24, 2.45) is 20.0 Å². The Balaban J connectivity index is 0.000000106. The highest BCUT2D eigenvalue weighted by Crippen LogP contribution is 2.47. The molecule has 0 radical (unpaired) electrons. The summed E-state index contributed by atoms with van der Waals surface area (Å²) in [7, 11) is 0. The first kappa shape index (κ1) is 69.1. The van der Waals surface area contributed by atoms with Crippen molar-refractivity contribution in [3.63, 3.8) is 0 Å². The fraction of sp³-hybridized carbons (Fsp3) is 0.232. The number of anilines is 4. The molecular weight excluding hydrogens is 1400 g/mol. The fourth-order valence-electron chi connectivity index (χ4n) is 15.4. The van der Waals surface area contributed by atoms with E-state index in [2.05, 4.69) is 34.9 Å². The molecule has 12 aromatic rings. The van der Waals surface area contributed by atoms with Crippen molar-refractivity contribution < 1.29 is 57.2 Å².